The van der Waals surface area contributed by atoms with E-state index in [1.165, 1.54) is 18.9 Å². The lowest BCUT2D eigenvalue weighted by atomic mass is 10.1. The molecule has 1 aromatic rings. The maximum atomic E-state index is 10.9. The summed E-state index contributed by atoms with van der Waals surface area (Å²) < 4.78 is 0. The zero-order chi connectivity index (χ0) is 15.4. The number of nitrogens with one attached hydrogen (secondary N) is 1. The second-order valence-corrected chi connectivity index (χ2v) is 5.78. The molecule has 1 unspecified atom stereocenters. The van der Waals surface area contributed by atoms with Gasteiger partial charge in [0.1, 0.15) is 5.69 Å². The van der Waals surface area contributed by atoms with Gasteiger partial charge in [0.05, 0.1) is 4.92 Å². The van der Waals surface area contributed by atoms with Gasteiger partial charge in [-0.1, -0.05) is 6.07 Å². The van der Waals surface area contributed by atoms with E-state index in [-0.39, 0.29) is 5.69 Å². The summed E-state index contributed by atoms with van der Waals surface area (Å²) >= 11 is 0. The fraction of sp³-hybridized carbons (Fsp3) is 0.571. The number of likely N-dealkylation sites (N-methyl/N-ethyl adjacent to an activating group) is 1. The average molecular weight is 293 g/mol. The first kappa shape index (κ1) is 15.7. The number of nitro groups is 1. The maximum Gasteiger partial charge on any atom is 0.293 e. The first-order valence-corrected chi connectivity index (χ1v) is 7.14. The Hall–Kier alpha value is -1.70. The van der Waals surface area contributed by atoms with Crippen LogP contribution >= 0.6 is 0 Å². The number of anilines is 1. The highest BCUT2D eigenvalue weighted by molar-refractivity contribution is 5.62. The smallest absolute Gasteiger partial charge is 0.293 e. The van der Waals surface area contributed by atoms with E-state index in [0.717, 1.165) is 25.2 Å². The fourth-order valence-corrected chi connectivity index (χ4v) is 2.92. The molecular weight excluding hydrogens is 270 g/mol. The monoisotopic (exact) mass is 293 g/mol. The topological polar surface area (TPSA) is 87.7 Å². The van der Waals surface area contributed by atoms with Crippen LogP contribution in [0.5, 0.6) is 0 Å². The highest BCUT2D eigenvalue weighted by Crippen LogP contribution is 2.27. The van der Waals surface area contributed by atoms with E-state index in [0.29, 0.717) is 11.7 Å². The molecule has 0 spiro atoms. The Morgan fingerprint density at radius 3 is 2.90 bits per heavy atom. The van der Waals surface area contributed by atoms with Gasteiger partial charge < -0.3 is 10.3 Å². The minimum atomic E-state index is -0.427. The Morgan fingerprint density at radius 2 is 2.29 bits per heavy atom. The molecule has 0 aromatic heterocycles. The number of nitrogens with two attached hydrogens (primary N) is 1. The predicted molar refractivity (Wildman–Crippen MR) is 82.9 cm³/mol. The van der Waals surface area contributed by atoms with Gasteiger partial charge in [-0.15, -0.1) is 0 Å². The molecule has 2 rings (SSSR count). The molecule has 7 nitrogen and oxygen atoms in total. The number of benzene rings is 1. The van der Waals surface area contributed by atoms with Gasteiger partial charge in [-0.05, 0) is 45.1 Å². The molecule has 1 fully saturated rings. The standard InChI is InChI=1S/C14H23N5O2/c1-17(2)10-12-4-3-7-18(12)9-11-5-6-14(19(20)21)13(8-11)16-15/h5-6,8,12,16H,3-4,7,9-10,15H2,1-2H3. The highest BCUT2D eigenvalue weighted by Gasteiger charge is 2.25. The molecule has 0 aliphatic carbocycles. The van der Waals surface area contributed by atoms with Crippen LogP contribution in [-0.2, 0) is 6.54 Å². The van der Waals surface area contributed by atoms with Crippen LogP contribution in [0.2, 0.25) is 0 Å². The normalized spacial score (nSPS) is 19.1. The third-order valence-corrected chi connectivity index (χ3v) is 3.87. The Labute approximate surface area is 124 Å². The molecule has 3 N–H and O–H groups in total. The Balaban J connectivity index is 2.10. The lowest BCUT2D eigenvalue weighted by Gasteiger charge is -2.27. The third-order valence-electron chi connectivity index (χ3n) is 3.87. The number of hydrogen-bond acceptors (Lipinski definition) is 6. The summed E-state index contributed by atoms with van der Waals surface area (Å²) in [5.74, 6) is 5.38. The predicted octanol–water partition coefficient (Wildman–Crippen LogP) is 1.41. The van der Waals surface area contributed by atoms with Crippen molar-refractivity contribution in [2.24, 2.45) is 5.84 Å². The molecule has 1 atom stereocenters. The average Bonchev–Trinajstić information content (AvgIpc) is 2.84. The summed E-state index contributed by atoms with van der Waals surface area (Å²) in [7, 11) is 4.16. The van der Waals surface area contributed by atoms with Gasteiger partial charge in [0.2, 0.25) is 0 Å². The first-order valence-electron chi connectivity index (χ1n) is 7.14. The fourth-order valence-electron chi connectivity index (χ4n) is 2.92. The van der Waals surface area contributed by atoms with Crippen LogP contribution in [0.25, 0.3) is 0 Å². The quantitative estimate of drug-likeness (QED) is 0.468. The summed E-state index contributed by atoms with van der Waals surface area (Å²) in [4.78, 5) is 15.1. The van der Waals surface area contributed by atoms with E-state index in [1.807, 2.05) is 6.07 Å². The molecule has 0 amide bonds. The van der Waals surface area contributed by atoms with E-state index in [1.54, 1.807) is 6.07 Å². The van der Waals surface area contributed by atoms with Crippen molar-refractivity contribution < 1.29 is 4.92 Å². The largest absolute Gasteiger partial charge is 0.318 e. The van der Waals surface area contributed by atoms with E-state index >= 15 is 0 Å². The second kappa shape index (κ2) is 6.84. The summed E-state index contributed by atoms with van der Waals surface area (Å²) in [5.41, 5.74) is 3.83. The minimum Gasteiger partial charge on any atom is -0.318 e. The van der Waals surface area contributed by atoms with Gasteiger partial charge in [0, 0.05) is 25.2 Å². The van der Waals surface area contributed by atoms with E-state index in [4.69, 9.17) is 5.84 Å². The maximum absolute atomic E-state index is 10.9. The number of likely N-dealkylation sites (tertiary alicyclic amines) is 1. The number of nitro benzene ring substituents is 1. The zero-order valence-corrected chi connectivity index (χ0v) is 12.6. The van der Waals surface area contributed by atoms with Crippen LogP contribution in [0, 0.1) is 10.1 Å². The Bertz CT molecular complexity index is 506. The number of hydrogen-bond donors (Lipinski definition) is 2. The number of hydrazine groups is 1. The van der Waals surface area contributed by atoms with Crippen molar-refractivity contribution in [3.63, 3.8) is 0 Å². The van der Waals surface area contributed by atoms with Gasteiger partial charge in [-0.2, -0.15) is 0 Å². The molecule has 1 aliphatic heterocycles. The molecule has 21 heavy (non-hydrogen) atoms. The third kappa shape index (κ3) is 3.90. The lowest BCUT2D eigenvalue weighted by molar-refractivity contribution is -0.384. The van der Waals surface area contributed by atoms with Crippen molar-refractivity contribution in [3.8, 4) is 0 Å². The zero-order valence-electron chi connectivity index (χ0n) is 12.6. The van der Waals surface area contributed by atoms with Crippen LogP contribution < -0.4 is 11.3 Å². The van der Waals surface area contributed by atoms with Gasteiger partial charge in [0.25, 0.3) is 5.69 Å². The molecule has 1 saturated heterocycles. The van der Waals surface area contributed by atoms with Crippen LogP contribution in [0.4, 0.5) is 11.4 Å². The summed E-state index contributed by atoms with van der Waals surface area (Å²) in [6, 6.07) is 5.64. The van der Waals surface area contributed by atoms with Crippen molar-refractivity contribution in [3.05, 3.63) is 33.9 Å². The van der Waals surface area contributed by atoms with Gasteiger partial charge in [-0.3, -0.25) is 20.9 Å². The van der Waals surface area contributed by atoms with Gasteiger partial charge in [-0.25, -0.2) is 0 Å². The molecule has 0 saturated carbocycles. The first-order chi connectivity index (χ1) is 10.0. The van der Waals surface area contributed by atoms with Crippen LogP contribution in [0.3, 0.4) is 0 Å². The number of nitrogens with zero attached hydrogens (tertiary/aromatic N) is 3. The van der Waals surface area contributed by atoms with Crippen molar-refractivity contribution in [1.82, 2.24) is 9.80 Å². The molecule has 1 aromatic carbocycles. The van der Waals surface area contributed by atoms with Crippen molar-refractivity contribution >= 4 is 11.4 Å². The van der Waals surface area contributed by atoms with E-state index in [2.05, 4.69) is 29.3 Å². The van der Waals surface area contributed by atoms with Crippen LogP contribution in [-0.4, -0.2) is 47.9 Å². The molecule has 1 heterocycles. The summed E-state index contributed by atoms with van der Waals surface area (Å²) in [5, 5.41) is 10.9. The van der Waals surface area contributed by atoms with Crippen molar-refractivity contribution in [2.45, 2.75) is 25.4 Å². The van der Waals surface area contributed by atoms with E-state index < -0.39 is 4.92 Å². The molecular formula is C14H23N5O2. The van der Waals surface area contributed by atoms with Crippen LogP contribution in [0.15, 0.2) is 18.2 Å². The van der Waals surface area contributed by atoms with Crippen molar-refractivity contribution in [2.75, 3.05) is 32.6 Å². The SMILES string of the molecule is CN(C)CC1CCCN1Cc1ccc([N+](=O)[O-])c(NN)c1. The number of nitrogen functional groups attached to an aromatic ring is 1. The molecule has 116 valence electrons. The minimum absolute atomic E-state index is 0.00696. The number of rotatable bonds is 6. The molecule has 0 radical (unpaired) electrons. The lowest BCUT2D eigenvalue weighted by Crippen LogP contribution is -2.37. The summed E-state index contributed by atoms with van der Waals surface area (Å²) in [6.07, 6.45) is 2.40. The second-order valence-electron chi connectivity index (χ2n) is 5.78. The Kier molecular flexibility index (Phi) is 5.11. The van der Waals surface area contributed by atoms with Gasteiger partial charge in [0.15, 0.2) is 0 Å². The summed E-state index contributed by atoms with van der Waals surface area (Å²) in [6.45, 7) is 2.90. The van der Waals surface area contributed by atoms with E-state index in [9.17, 15) is 10.1 Å². The van der Waals surface area contributed by atoms with Crippen molar-refractivity contribution in [1.29, 1.82) is 0 Å². The highest BCUT2D eigenvalue weighted by atomic mass is 16.6. The van der Waals surface area contributed by atoms with Crippen LogP contribution in [0.1, 0.15) is 18.4 Å². The molecule has 0 bridgehead atoms. The van der Waals surface area contributed by atoms with Gasteiger partial charge >= 0.3 is 0 Å². The molecule has 1 aliphatic rings. The Morgan fingerprint density at radius 1 is 1.52 bits per heavy atom. The molecule has 7 heteroatoms.